The van der Waals surface area contributed by atoms with Gasteiger partial charge in [0.2, 0.25) is 11.6 Å². The zero-order valence-electron chi connectivity index (χ0n) is 13.0. The monoisotopic (exact) mass is 368 g/mol. The van der Waals surface area contributed by atoms with E-state index in [-0.39, 0.29) is 0 Å². The van der Waals surface area contributed by atoms with Crippen LogP contribution in [0.3, 0.4) is 0 Å². The van der Waals surface area contributed by atoms with E-state index in [4.69, 9.17) is 33.6 Å². The zero-order chi connectivity index (χ0) is 18.4. The van der Waals surface area contributed by atoms with E-state index in [9.17, 15) is 25.5 Å². The number of hydrogen-bond donors (Lipinski definition) is 7. The summed E-state index contributed by atoms with van der Waals surface area (Å²) in [4.78, 5) is 0. The van der Waals surface area contributed by atoms with Crippen molar-refractivity contribution in [2.24, 2.45) is 0 Å². The lowest BCUT2D eigenvalue weighted by molar-refractivity contribution is -0.253. The molecule has 3 heterocycles. The van der Waals surface area contributed by atoms with E-state index in [2.05, 4.69) is 0 Å². The average molecular weight is 368 g/mol. The molecule has 0 aliphatic carbocycles. The van der Waals surface area contributed by atoms with Crippen LogP contribution in [0.5, 0.6) is 0 Å². The minimum absolute atomic E-state index is 0.537. The molecule has 8 atom stereocenters. The Balaban J connectivity index is 1.75. The van der Waals surface area contributed by atoms with Crippen LogP contribution in [0.15, 0.2) is 0 Å². The summed E-state index contributed by atoms with van der Waals surface area (Å²) in [7, 11) is -1.64. The first-order chi connectivity index (χ1) is 11.9. The number of rotatable bonds is 6. The number of aliphatic hydroxyl groups is 7. The summed E-state index contributed by atoms with van der Waals surface area (Å²) in [5.41, 5.74) is 0. The predicted molar refractivity (Wildman–Crippen MR) is 74.4 cm³/mol. The second kappa shape index (κ2) is 6.96. The van der Waals surface area contributed by atoms with Crippen LogP contribution in [0.25, 0.3) is 0 Å². The van der Waals surface area contributed by atoms with Crippen LogP contribution in [0.2, 0.25) is 0 Å². The Labute approximate surface area is 142 Å². The summed E-state index contributed by atoms with van der Waals surface area (Å²) in [5, 5.41) is 67.4. The Bertz CT molecular complexity index is 483. The molecular formula is C12H21BO12. The van der Waals surface area contributed by atoms with Gasteiger partial charge in [-0.1, -0.05) is 0 Å². The molecule has 0 spiro atoms. The molecule has 3 fully saturated rings. The van der Waals surface area contributed by atoms with Gasteiger partial charge in [0.25, 0.3) is 0 Å². The number of hydrogen-bond acceptors (Lipinski definition) is 12. The molecule has 0 aromatic carbocycles. The lowest BCUT2D eigenvalue weighted by Gasteiger charge is -2.31. The molecule has 0 amide bonds. The smallest absolute Gasteiger partial charge is 0.394 e. The van der Waals surface area contributed by atoms with Crippen molar-refractivity contribution in [2.75, 3.05) is 26.4 Å². The molecule has 12 nitrogen and oxygen atoms in total. The van der Waals surface area contributed by atoms with Gasteiger partial charge in [0.1, 0.15) is 36.6 Å². The molecular weight excluding hydrogens is 347 g/mol. The van der Waals surface area contributed by atoms with E-state index < -0.39 is 81.9 Å². The summed E-state index contributed by atoms with van der Waals surface area (Å²) >= 11 is 0. The van der Waals surface area contributed by atoms with Crippen LogP contribution in [0.4, 0.5) is 0 Å². The number of aliphatic hydroxyl groups excluding tert-OH is 7. The molecule has 0 aromatic heterocycles. The van der Waals surface area contributed by atoms with Crippen molar-refractivity contribution < 1.29 is 59.2 Å². The minimum atomic E-state index is -2.16. The van der Waals surface area contributed by atoms with Crippen LogP contribution in [0, 0.1) is 0 Å². The molecule has 0 radical (unpaired) electrons. The minimum Gasteiger partial charge on any atom is -0.394 e. The van der Waals surface area contributed by atoms with Crippen molar-refractivity contribution in [3.8, 4) is 0 Å². The zero-order valence-corrected chi connectivity index (χ0v) is 13.0. The normalized spacial score (nSPS) is 49.8. The van der Waals surface area contributed by atoms with Crippen LogP contribution in [-0.2, 0) is 23.4 Å². The van der Waals surface area contributed by atoms with Crippen LogP contribution in [-0.4, -0.2) is 118 Å². The second-order valence-electron chi connectivity index (χ2n) is 6.12. The Morgan fingerprint density at radius 1 is 0.880 bits per heavy atom. The van der Waals surface area contributed by atoms with Gasteiger partial charge in [-0.2, -0.15) is 0 Å². The van der Waals surface area contributed by atoms with E-state index in [1.54, 1.807) is 0 Å². The third-order valence-corrected chi connectivity index (χ3v) is 4.63. The molecule has 0 saturated carbocycles. The lowest BCUT2D eigenvalue weighted by atomic mass is 10.0. The van der Waals surface area contributed by atoms with Crippen molar-refractivity contribution in [2.45, 2.75) is 48.2 Å². The fraction of sp³-hybridized carbons (Fsp3) is 1.00. The molecule has 3 rings (SSSR count). The second-order valence-corrected chi connectivity index (χ2v) is 6.12. The maximum Gasteiger partial charge on any atom is 0.644 e. The predicted octanol–water partition coefficient (Wildman–Crippen LogP) is -5.35. The SMILES string of the molecule is OC[C@@H]1O[C@@](CO)(OB2OC3[C@@H](O)[C@@H](CO)O[C@@]3(CO)O2)C(O)C1O. The highest BCUT2D eigenvalue weighted by Crippen LogP contribution is 2.42. The summed E-state index contributed by atoms with van der Waals surface area (Å²) in [6, 6.07) is 0. The van der Waals surface area contributed by atoms with Gasteiger partial charge in [-0.25, -0.2) is 0 Å². The third kappa shape index (κ3) is 2.90. The number of fused-ring (bicyclic) bond motifs is 1. The Kier molecular flexibility index (Phi) is 5.38. The molecule has 25 heavy (non-hydrogen) atoms. The molecule has 3 aliphatic heterocycles. The van der Waals surface area contributed by atoms with Crippen LogP contribution in [0.1, 0.15) is 0 Å². The molecule has 0 aromatic rings. The van der Waals surface area contributed by atoms with E-state index >= 15 is 0 Å². The highest BCUT2D eigenvalue weighted by Gasteiger charge is 2.67. The van der Waals surface area contributed by atoms with Crippen molar-refractivity contribution >= 4 is 7.32 Å². The molecule has 7 N–H and O–H groups in total. The van der Waals surface area contributed by atoms with Crippen molar-refractivity contribution in [1.82, 2.24) is 0 Å². The van der Waals surface area contributed by atoms with Crippen molar-refractivity contribution in [1.29, 1.82) is 0 Å². The van der Waals surface area contributed by atoms with Crippen molar-refractivity contribution in [3.63, 3.8) is 0 Å². The van der Waals surface area contributed by atoms with E-state index in [1.807, 2.05) is 0 Å². The molecule has 3 saturated heterocycles. The molecule has 13 heteroatoms. The third-order valence-electron chi connectivity index (χ3n) is 4.63. The Hall–Kier alpha value is -0.415. The molecule has 0 bridgehead atoms. The summed E-state index contributed by atoms with van der Waals surface area (Å²) in [6.07, 6.45) is -8.07. The highest BCUT2D eigenvalue weighted by molar-refractivity contribution is 6.37. The number of ether oxygens (including phenoxy) is 2. The van der Waals surface area contributed by atoms with Gasteiger partial charge in [-0.3, -0.25) is 0 Å². The van der Waals surface area contributed by atoms with Gasteiger partial charge in [0.15, 0.2) is 0 Å². The maximum atomic E-state index is 10.1. The van der Waals surface area contributed by atoms with E-state index in [0.717, 1.165) is 0 Å². The highest BCUT2D eigenvalue weighted by atomic mass is 16.9. The van der Waals surface area contributed by atoms with E-state index in [0.29, 0.717) is 0 Å². The summed E-state index contributed by atoms with van der Waals surface area (Å²) in [5.74, 6) is -3.97. The lowest BCUT2D eigenvalue weighted by Crippen LogP contribution is -2.53. The standard InChI is InChI=1S/C12H21BO12/c14-1-5-7(18)9(20)11(3-16,21-5)24-13-23-10-8(19)6(2-15)22-12(10,4-17)25-13/h5-10,14-20H,1-4H2/t5-,6+,7?,8-,9?,10?,11-,12-/m0/s1. The fourth-order valence-electron chi connectivity index (χ4n) is 3.23. The fourth-order valence-corrected chi connectivity index (χ4v) is 3.23. The molecule has 144 valence electrons. The quantitative estimate of drug-likeness (QED) is 0.221. The first kappa shape index (κ1) is 19.3. The van der Waals surface area contributed by atoms with Crippen LogP contribution < -0.4 is 0 Å². The summed E-state index contributed by atoms with van der Waals surface area (Å²) < 4.78 is 26.5. The maximum absolute atomic E-state index is 10.1. The summed E-state index contributed by atoms with van der Waals surface area (Å²) in [6.45, 7) is -2.82. The Morgan fingerprint density at radius 3 is 2.00 bits per heavy atom. The Morgan fingerprint density at radius 2 is 1.52 bits per heavy atom. The van der Waals surface area contributed by atoms with Gasteiger partial charge in [-0.05, 0) is 0 Å². The molecule has 3 aliphatic rings. The average Bonchev–Trinajstić information content (AvgIpc) is 3.19. The van der Waals surface area contributed by atoms with E-state index in [1.165, 1.54) is 0 Å². The van der Waals surface area contributed by atoms with Gasteiger partial charge in [0.05, 0.1) is 26.4 Å². The molecule has 3 unspecified atom stereocenters. The van der Waals surface area contributed by atoms with Gasteiger partial charge >= 0.3 is 7.32 Å². The first-order valence-electron chi connectivity index (χ1n) is 7.70. The van der Waals surface area contributed by atoms with Gasteiger partial charge < -0.3 is 59.2 Å². The van der Waals surface area contributed by atoms with Gasteiger partial charge in [0, 0.05) is 0 Å². The largest absolute Gasteiger partial charge is 0.644 e. The van der Waals surface area contributed by atoms with Gasteiger partial charge in [-0.15, -0.1) is 0 Å². The van der Waals surface area contributed by atoms with Crippen LogP contribution >= 0.6 is 0 Å². The first-order valence-corrected chi connectivity index (χ1v) is 7.70. The van der Waals surface area contributed by atoms with Crippen molar-refractivity contribution in [3.05, 3.63) is 0 Å². The topological polar surface area (TPSA) is 188 Å².